The minimum absolute atomic E-state index is 0.353. The molecule has 1 heterocycles. The molecule has 3 aromatic rings. The Bertz CT molecular complexity index is 1090. The maximum absolute atomic E-state index is 13.6. The molecule has 0 atom stereocenters. The van der Waals surface area contributed by atoms with Crippen molar-refractivity contribution < 1.29 is 13.5 Å². The molecule has 0 amide bonds. The van der Waals surface area contributed by atoms with E-state index in [2.05, 4.69) is 27.0 Å². The summed E-state index contributed by atoms with van der Waals surface area (Å²) in [6.07, 6.45) is 5.19. The van der Waals surface area contributed by atoms with Crippen LogP contribution in [0.3, 0.4) is 0 Å². The smallest absolute Gasteiger partial charge is 0.163 e. The van der Waals surface area contributed by atoms with Crippen molar-refractivity contribution in [3.63, 3.8) is 0 Å². The van der Waals surface area contributed by atoms with Crippen molar-refractivity contribution in [1.82, 2.24) is 9.97 Å². The monoisotopic (exact) mass is 380 g/mol. The van der Waals surface area contributed by atoms with Gasteiger partial charge in [0.15, 0.2) is 17.5 Å². The van der Waals surface area contributed by atoms with E-state index in [4.69, 9.17) is 4.74 Å². The fourth-order valence-corrected chi connectivity index (χ4v) is 2.62. The number of methoxy groups -OCH3 is 1. The van der Waals surface area contributed by atoms with E-state index in [1.807, 2.05) is 13.0 Å². The lowest BCUT2D eigenvalue weighted by molar-refractivity contribution is 0.415. The molecule has 0 saturated heterocycles. The van der Waals surface area contributed by atoms with E-state index in [0.717, 1.165) is 12.1 Å². The van der Waals surface area contributed by atoms with Crippen LogP contribution in [0.5, 0.6) is 5.75 Å². The average molecular weight is 380 g/mol. The van der Waals surface area contributed by atoms with Crippen LogP contribution in [-0.4, -0.2) is 23.8 Å². The van der Waals surface area contributed by atoms with Gasteiger partial charge < -0.3 is 10.1 Å². The molecule has 1 N–H and O–H groups in total. The van der Waals surface area contributed by atoms with E-state index in [1.54, 1.807) is 37.6 Å². The van der Waals surface area contributed by atoms with Crippen molar-refractivity contribution in [2.24, 2.45) is 4.99 Å². The zero-order valence-corrected chi connectivity index (χ0v) is 15.4. The minimum atomic E-state index is -0.952. The Kier molecular flexibility index (Phi) is 5.74. The van der Waals surface area contributed by atoms with Gasteiger partial charge in [-0.05, 0) is 44.0 Å². The van der Waals surface area contributed by atoms with Crippen molar-refractivity contribution in [2.75, 3.05) is 12.4 Å². The standard InChI is InChI=1S/C21H18F2N4O/c1-4-5-13(12-24-2)20-26-19-9-7-15(28-3)11-16(19)21(27-20)25-14-6-8-17(22)18(23)10-14/h4-12H,2H2,1,3H3,(H,25,26,27)/b5-4-,13-12+. The second-order valence-corrected chi connectivity index (χ2v) is 5.80. The number of benzene rings is 2. The molecular weight excluding hydrogens is 362 g/mol. The normalized spacial score (nSPS) is 11.8. The van der Waals surface area contributed by atoms with Gasteiger partial charge in [-0.25, -0.2) is 18.7 Å². The molecule has 0 aliphatic heterocycles. The maximum Gasteiger partial charge on any atom is 0.163 e. The van der Waals surface area contributed by atoms with Crippen LogP contribution < -0.4 is 10.1 Å². The Morgan fingerprint density at radius 1 is 1.14 bits per heavy atom. The third-order valence-corrected chi connectivity index (χ3v) is 3.92. The lowest BCUT2D eigenvalue weighted by atomic mass is 10.2. The summed E-state index contributed by atoms with van der Waals surface area (Å²) in [7, 11) is 1.56. The summed E-state index contributed by atoms with van der Waals surface area (Å²) in [5.74, 6) is -0.422. The largest absolute Gasteiger partial charge is 0.497 e. The van der Waals surface area contributed by atoms with Gasteiger partial charge >= 0.3 is 0 Å². The number of aromatic nitrogens is 2. The molecule has 0 radical (unpaired) electrons. The average Bonchev–Trinajstić information content (AvgIpc) is 2.70. The molecule has 28 heavy (non-hydrogen) atoms. The van der Waals surface area contributed by atoms with Gasteiger partial charge in [0.05, 0.1) is 12.6 Å². The zero-order valence-electron chi connectivity index (χ0n) is 15.4. The molecule has 7 heteroatoms. The van der Waals surface area contributed by atoms with Crippen molar-refractivity contribution in [3.05, 3.63) is 72.2 Å². The number of ether oxygens (including phenoxy) is 1. The molecule has 0 aliphatic rings. The molecule has 0 unspecified atom stereocenters. The first-order valence-corrected chi connectivity index (χ1v) is 8.42. The van der Waals surface area contributed by atoms with Crippen LogP contribution in [0.25, 0.3) is 16.5 Å². The van der Waals surface area contributed by atoms with E-state index in [9.17, 15) is 8.78 Å². The Morgan fingerprint density at radius 2 is 1.96 bits per heavy atom. The number of fused-ring (bicyclic) bond motifs is 1. The first-order valence-electron chi connectivity index (χ1n) is 8.42. The maximum atomic E-state index is 13.6. The molecule has 142 valence electrons. The van der Waals surface area contributed by atoms with E-state index in [-0.39, 0.29) is 0 Å². The van der Waals surface area contributed by atoms with E-state index >= 15 is 0 Å². The van der Waals surface area contributed by atoms with Gasteiger partial charge in [-0.15, -0.1) is 0 Å². The van der Waals surface area contributed by atoms with E-state index in [1.165, 1.54) is 6.07 Å². The van der Waals surface area contributed by atoms with E-state index in [0.29, 0.717) is 39.6 Å². The zero-order chi connectivity index (χ0) is 20.1. The quantitative estimate of drug-likeness (QED) is 0.467. The van der Waals surface area contributed by atoms with Crippen molar-refractivity contribution in [3.8, 4) is 5.75 Å². The van der Waals surface area contributed by atoms with Gasteiger partial charge in [0.1, 0.15) is 11.6 Å². The van der Waals surface area contributed by atoms with Crippen LogP contribution in [0, 0.1) is 11.6 Å². The SMILES string of the molecule is C=N/C=C(\C=C/C)c1nc(Nc2ccc(F)c(F)c2)c2cc(OC)ccc2n1. The first kappa shape index (κ1) is 19.2. The van der Waals surface area contributed by atoms with Gasteiger partial charge in [0.25, 0.3) is 0 Å². The number of aliphatic imine (C=N–C) groups is 1. The van der Waals surface area contributed by atoms with Gasteiger partial charge in [0, 0.05) is 28.9 Å². The predicted molar refractivity (Wildman–Crippen MR) is 108 cm³/mol. The van der Waals surface area contributed by atoms with Crippen LogP contribution in [0.4, 0.5) is 20.3 Å². The van der Waals surface area contributed by atoms with Crippen LogP contribution in [0.1, 0.15) is 12.7 Å². The summed E-state index contributed by atoms with van der Waals surface area (Å²) < 4.78 is 32.1. The predicted octanol–water partition coefficient (Wildman–Crippen LogP) is 5.28. The lowest BCUT2D eigenvalue weighted by Gasteiger charge is -2.12. The molecule has 1 aromatic heterocycles. The molecule has 0 bridgehead atoms. The summed E-state index contributed by atoms with van der Waals surface area (Å²) >= 11 is 0. The van der Waals surface area contributed by atoms with Crippen LogP contribution in [0.2, 0.25) is 0 Å². The molecule has 0 aliphatic carbocycles. The number of nitrogens with zero attached hydrogens (tertiary/aromatic N) is 3. The highest BCUT2D eigenvalue weighted by Gasteiger charge is 2.12. The van der Waals surface area contributed by atoms with Crippen molar-refractivity contribution in [1.29, 1.82) is 0 Å². The van der Waals surface area contributed by atoms with Gasteiger partial charge in [-0.2, -0.15) is 0 Å². The van der Waals surface area contributed by atoms with Crippen molar-refractivity contribution >= 4 is 34.7 Å². The first-order chi connectivity index (χ1) is 13.5. The fourth-order valence-electron chi connectivity index (χ4n) is 2.62. The minimum Gasteiger partial charge on any atom is -0.497 e. The second-order valence-electron chi connectivity index (χ2n) is 5.80. The highest BCUT2D eigenvalue weighted by Crippen LogP contribution is 2.29. The Balaban J connectivity index is 2.19. The summed E-state index contributed by atoms with van der Waals surface area (Å²) in [5, 5.41) is 3.70. The highest BCUT2D eigenvalue weighted by molar-refractivity contribution is 5.93. The van der Waals surface area contributed by atoms with Crippen molar-refractivity contribution in [2.45, 2.75) is 6.92 Å². The summed E-state index contributed by atoms with van der Waals surface area (Å²) in [4.78, 5) is 12.9. The molecule has 2 aromatic carbocycles. The molecule has 0 fully saturated rings. The number of rotatable bonds is 6. The Hall–Kier alpha value is -3.61. The molecule has 0 spiro atoms. The number of halogens is 2. The fraction of sp³-hybridized carbons (Fsp3) is 0.0952. The van der Waals surface area contributed by atoms with E-state index < -0.39 is 11.6 Å². The Morgan fingerprint density at radius 3 is 2.64 bits per heavy atom. The van der Waals surface area contributed by atoms with Gasteiger partial charge in [0.2, 0.25) is 0 Å². The molecular formula is C21H18F2N4O. The number of hydrogen-bond donors (Lipinski definition) is 1. The van der Waals surface area contributed by atoms with Crippen LogP contribution in [-0.2, 0) is 0 Å². The number of allylic oxidation sites excluding steroid dienone is 3. The summed E-state index contributed by atoms with van der Waals surface area (Å²) in [6, 6.07) is 8.90. The topological polar surface area (TPSA) is 59.4 Å². The third kappa shape index (κ3) is 4.03. The molecule has 0 saturated carbocycles. The summed E-state index contributed by atoms with van der Waals surface area (Å²) in [5.41, 5.74) is 1.66. The second kappa shape index (κ2) is 8.39. The lowest BCUT2D eigenvalue weighted by Crippen LogP contribution is -2.02. The highest BCUT2D eigenvalue weighted by atomic mass is 19.2. The van der Waals surface area contributed by atoms with Crippen LogP contribution in [0.15, 0.2) is 59.7 Å². The number of nitrogens with one attached hydrogen (secondary N) is 1. The van der Waals surface area contributed by atoms with Gasteiger partial charge in [-0.1, -0.05) is 12.2 Å². The number of anilines is 2. The summed E-state index contributed by atoms with van der Waals surface area (Å²) in [6.45, 7) is 5.34. The van der Waals surface area contributed by atoms with Crippen LogP contribution >= 0.6 is 0 Å². The van der Waals surface area contributed by atoms with Gasteiger partial charge in [-0.3, -0.25) is 4.99 Å². The molecule has 3 rings (SSSR count). The Labute approximate surface area is 161 Å². The third-order valence-electron chi connectivity index (χ3n) is 3.92. The molecule has 5 nitrogen and oxygen atoms in total. The number of hydrogen-bond acceptors (Lipinski definition) is 5.